The number of carbonyl (C=O) groups is 1. The lowest BCUT2D eigenvalue weighted by atomic mass is 9.85. The summed E-state index contributed by atoms with van der Waals surface area (Å²) in [5.74, 6) is 0.724. The van der Waals surface area contributed by atoms with E-state index in [9.17, 15) is 4.79 Å². The molecule has 4 heteroatoms. The van der Waals surface area contributed by atoms with Crippen LogP contribution in [0, 0.1) is 5.92 Å². The zero-order valence-electron chi connectivity index (χ0n) is 12.9. The molecule has 20 heavy (non-hydrogen) atoms. The molecular weight excluding hydrogens is 250 g/mol. The monoisotopic (exact) mass is 281 g/mol. The summed E-state index contributed by atoms with van der Waals surface area (Å²) in [6.07, 6.45) is 9.81. The molecule has 2 rings (SSSR count). The highest BCUT2D eigenvalue weighted by molar-refractivity contribution is 5.81. The van der Waals surface area contributed by atoms with Crippen LogP contribution < -0.4 is 11.1 Å². The Morgan fingerprint density at radius 2 is 2.00 bits per heavy atom. The molecule has 1 heterocycles. The van der Waals surface area contributed by atoms with Crippen LogP contribution in [0.15, 0.2) is 0 Å². The molecule has 2 atom stereocenters. The molecular formula is C16H31N3O. The van der Waals surface area contributed by atoms with Gasteiger partial charge in [-0.15, -0.1) is 0 Å². The van der Waals surface area contributed by atoms with Crippen molar-refractivity contribution >= 4 is 5.91 Å². The maximum atomic E-state index is 12.1. The van der Waals surface area contributed by atoms with Gasteiger partial charge in [-0.1, -0.05) is 39.0 Å². The van der Waals surface area contributed by atoms with Gasteiger partial charge in [-0.25, -0.2) is 0 Å². The molecule has 0 aromatic heterocycles. The number of nitrogens with one attached hydrogen (secondary N) is 1. The van der Waals surface area contributed by atoms with E-state index in [0.29, 0.717) is 12.0 Å². The van der Waals surface area contributed by atoms with Gasteiger partial charge >= 0.3 is 0 Å². The number of carbonyl (C=O) groups excluding carboxylic acids is 1. The lowest BCUT2D eigenvalue weighted by Gasteiger charge is -2.26. The van der Waals surface area contributed by atoms with Crippen LogP contribution in [0.4, 0.5) is 0 Å². The van der Waals surface area contributed by atoms with E-state index in [0.717, 1.165) is 19.5 Å². The topological polar surface area (TPSA) is 58.4 Å². The molecule has 2 aliphatic rings. The molecule has 0 aromatic rings. The van der Waals surface area contributed by atoms with E-state index in [1.54, 1.807) is 0 Å². The molecule has 3 N–H and O–H groups in total. The van der Waals surface area contributed by atoms with Crippen LogP contribution in [0.2, 0.25) is 0 Å². The Labute approximate surface area is 123 Å². The van der Waals surface area contributed by atoms with Gasteiger partial charge in [-0.2, -0.15) is 0 Å². The average Bonchev–Trinajstić information content (AvgIpc) is 2.93. The fourth-order valence-corrected chi connectivity index (χ4v) is 3.78. The molecule has 116 valence electrons. The van der Waals surface area contributed by atoms with Crippen LogP contribution >= 0.6 is 0 Å². The Kier molecular flexibility index (Phi) is 6.30. The van der Waals surface area contributed by atoms with Crippen molar-refractivity contribution in [1.29, 1.82) is 0 Å². The fourth-order valence-electron chi connectivity index (χ4n) is 3.78. The van der Waals surface area contributed by atoms with Crippen molar-refractivity contribution in [1.82, 2.24) is 10.2 Å². The summed E-state index contributed by atoms with van der Waals surface area (Å²) in [6.45, 7) is 5.21. The highest BCUT2D eigenvalue weighted by atomic mass is 16.2. The van der Waals surface area contributed by atoms with E-state index < -0.39 is 0 Å². The third-order valence-corrected chi connectivity index (χ3v) is 5.07. The Hall–Kier alpha value is -0.610. The van der Waals surface area contributed by atoms with E-state index in [-0.39, 0.29) is 11.9 Å². The minimum atomic E-state index is -0.311. The largest absolute Gasteiger partial charge is 0.353 e. The zero-order chi connectivity index (χ0) is 14.4. The van der Waals surface area contributed by atoms with Gasteiger partial charge in [0.25, 0.3) is 0 Å². The average molecular weight is 281 g/mol. The van der Waals surface area contributed by atoms with Crippen LogP contribution in [0.1, 0.15) is 58.3 Å². The first-order valence-corrected chi connectivity index (χ1v) is 8.48. The first kappa shape index (κ1) is 15.8. The van der Waals surface area contributed by atoms with Crippen LogP contribution in [0.5, 0.6) is 0 Å². The van der Waals surface area contributed by atoms with Crippen molar-refractivity contribution in [3.05, 3.63) is 0 Å². The number of hydrogen-bond acceptors (Lipinski definition) is 3. The van der Waals surface area contributed by atoms with Crippen molar-refractivity contribution in [2.45, 2.75) is 70.4 Å². The van der Waals surface area contributed by atoms with Gasteiger partial charge in [0.2, 0.25) is 5.91 Å². The summed E-state index contributed by atoms with van der Waals surface area (Å²) >= 11 is 0. The smallest absolute Gasteiger partial charge is 0.236 e. The standard InChI is InChI=1S/C16H31N3O/c1-2-19-10-6-9-14(19)12-18-16(20)15(17)11-13-7-4-3-5-8-13/h13-15H,2-12,17H2,1H3,(H,18,20). The lowest BCUT2D eigenvalue weighted by molar-refractivity contribution is -0.123. The number of rotatable bonds is 6. The second-order valence-corrected chi connectivity index (χ2v) is 6.52. The van der Waals surface area contributed by atoms with Crippen LogP contribution in [0.3, 0.4) is 0 Å². The first-order chi connectivity index (χ1) is 9.70. The normalized spacial score (nSPS) is 26.6. The molecule has 0 radical (unpaired) electrons. The maximum Gasteiger partial charge on any atom is 0.236 e. The van der Waals surface area contributed by atoms with Crippen LogP contribution in [-0.2, 0) is 4.79 Å². The van der Waals surface area contributed by atoms with Gasteiger partial charge in [-0.3, -0.25) is 9.69 Å². The molecule has 2 fully saturated rings. The number of nitrogens with two attached hydrogens (primary N) is 1. The minimum absolute atomic E-state index is 0.0542. The SMILES string of the molecule is CCN1CCCC1CNC(=O)C(N)CC1CCCCC1. The summed E-state index contributed by atoms with van der Waals surface area (Å²) in [4.78, 5) is 14.6. The number of likely N-dealkylation sites (tertiary alicyclic amines) is 1. The summed E-state index contributed by atoms with van der Waals surface area (Å²) in [5.41, 5.74) is 6.07. The van der Waals surface area contributed by atoms with Crippen molar-refractivity contribution in [2.75, 3.05) is 19.6 Å². The van der Waals surface area contributed by atoms with Crippen molar-refractivity contribution in [3.8, 4) is 0 Å². The second kappa shape index (κ2) is 7.99. The van der Waals surface area contributed by atoms with Crippen molar-refractivity contribution in [3.63, 3.8) is 0 Å². The Balaban J connectivity index is 1.68. The molecule has 2 unspecified atom stereocenters. The number of amides is 1. The highest BCUT2D eigenvalue weighted by Gasteiger charge is 2.25. The third-order valence-electron chi connectivity index (χ3n) is 5.07. The van der Waals surface area contributed by atoms with Gasteiger partial charge in [0.1, 0.15) is 0 Å². The minimum Gasteiger partial charge on any atom is -0.353 e. The van der Waals surface area contributed by atoms with E-state index in [4.69, 9.17) is 5.73 Å². The fraction of sp³-hybridized carbons (Fsp3) is 0.938. The molecule has 1 aliphatic carbocycles. The predicted octanol–water partition coefficient (Wildman–Crippen LogP) is 1.88. The predicted molar refractivity (Wildman–Crippen MR) is 82.4 cm³/mol. The second-order valence-electron chi connectivity index (χ2n) is 6.52. The summed E-state index contributed by atoms with van der Waals surface area (Å²) < 4.78 is 0. The molecule has 1 amide bonds. The summed E-state index contributed by atoms with van der Waals surface area (Å²) in [5, 5.41) is 3.07. The summed E-state index contributed by atoms with van der Waals surface area (Å²) in [6, 6.07) is 0.209. The van der Waals surface area contributed by atoms with Crippen LogP contribution in [0.25, 0.3) is 0 Å². The first-order valence-electron chi connectivity index (χ1n) is 8.48. The number of nitrogens with zero attached hydrogens (tertiary/aromatic N) is 1. The molecule has 1 saturated heterocycles. The van der Waals surface area contributed by atoms with E-state index in [1.165, 1.54) is 51.5 Å². The molecule has 0 bridgehead atoms. The quantitative estimate of drug-likeness (QED) is 0.781. The van der Waals surface area contributed by atoms with Gasteiger partial charge < -0.3 is 11.1 Å². The Bertz CT molecular complexity index is 302. The Morgan fingerprint density at radius 1 is 1.25 bits per heavy atom. The maximum absolute atomic E-state index is 12.1. The molecule has 0 spiro atoms. The van der Waals surface area contributed by atoms with Gasteiger partial charge in [-0.05, 0) is 38.3 Å². The third kappa shape index (κ3) is 4.45. The zero-order valence-corrected chi connectivity index (χ0v) is 12.9. The molecule has 1 aliphatic heterocycles. The van der Waals surface area contributed by atoms with Crippen molar-refractivity contribution < 1.29 is 4.79 Å². The van der Waals surface area contributed by atoms with E-state index >= 15 is 0 Å². The Morgan fingerprint density at radius 3 is 2.70 bits per heavy atom. The number of hydrogen-bond donors (Lipinski definition) is 2. The molecule has 0 aromatic carbocycles. The van der Waals surface area contributed by atoms with Crippen LogP contribution in [-0.4, -0.2) is 42.5 Å². The van der Waals surface area contributed by atoms with E-state index in [2.05, 4.69) is 17.1 Å². The summed E-state index contributed by atoms with van der Waals surface area (Å²) in [7, 11) is 0. The van der Waals surface area contributed by atoms with Gasteiger partial charge in [0.05, 0.1) is 6.04 Å². The van der Waals surface area contributed by atoms with Crippen molar-refractivity contribution in [2.24, 2.45) is 11.7 Å². The highest BCUT2D eigenvalue weighted by Crippen LogP contribution is 2.27. The van der Waals surface area contributed by atoms with Gasteiger partial charge in [0.15, 0.2) is 0 Å². The molecule has 4 nitrogen and oxygen atoms in total. The molecule has 1 saturated carbocycles. The van der Waals surface area contributed by atoms with E-state index in [1.807, 2.05) is 0 Å². The lowest BCUT2D eigenvalue weighted by Crippen LogP contribution is -2.46. The number of likely N-dealkylation sites (N-methyl/N-ethyl adjacent to an activating group) is 1. The van der Waals surface area contributed by atoms with Gasteiger partial charge in [0, 0.05) is 12.6 Å².